The molecule has 1 saturated heterocycles. The maximum Gasteiger partial charge on any atom is 0.245 e. The minimum absolute atomic E-state index is 0.118. The summed E-state index contributed by atoms with van der Waals surface area (Å²) in [5, 5.41) is 0.812. The van der Waals surface area contributed by atoms with E-state index >= 15 is 0 Å². The van der Waals surface area contributed by atoms with Crippen LogP contribution in [0.3, 0.4) is 0 Å². The third-order valence-corrected chi connectivity index (χ3v) is 7.09. The van der Waals surface area contributed by atoms with Crippen LogP contribution in [0.1, 0.15) is 29.8 Å². The molecule has 0 radical (unpaired) electrons. The average molecular weight is 497 g/mol. The van der Waals surface area contributed by atoms with Gasteiger partial charge in [0.2, 0.25) is 11.0 Å². The number of anilines is 1. The number of hydrogen-bond acceptors (Lipinski definition) is 8. The maximum absolute atomic E-state index is 13.3. The van der Waals surface area contributed by atoms with Crippen molar-refractivity contribution in [3.05, 3.63) is 59.4 Å². The number of ether oxygens (including phenoxy) is 3. The average Bonchev–Trinajstić information content (AvgIpc) is 3.56. The molecule has 2 aromatic carbocycles. The third kappa shape index (κ3) is 5.85. The Balaban J connectivity index is 1.38. The van der Waals surface area contributed by atoms with Crippen LogP contribution in [-0.4, -0.2) is 67.7 Å². The van der Waals surface area contributed by atoms with Crippen molar-refractivity contribution in [1.82, 2.24) is 14.3 Å². The molecule has 35 heavy (non-hydrogen) atoms. The number of likely N-dealkylation sites (N-methyl/N-ethyl adjacent to an activating group) is 1. The molecule has 1 unspecified atom stereocenters. The van der Waals surface area contributed by atoms with Crippen molar-refractivity contribution in [2.75, 3.05) is 46.4 Å². The maximum atomic E-state index is 13.3. The second-order valence-corrected chi connectivity index (χ2v) is 9.30. The zero-order valence-corrected chi connectivity index (χ0v) is 21.5. The topological polar surface area (TPSA) is 77.0 Å². The van der Waals surface area contributed by atoms with Crippen LogP contribution in [0.2, 0.25) is 0 Å². The van der Waals surface area contributed by atoms with Gasteiger partial charge in [0.15, 0.2) is 11.5 Å². The van der Waals surface area contributed by atoms with Crippen molar-refractivity contribution in [3.8, 4) is 17.2 Å². The summed E-state index contributed by atoms with van der Waals surface area (Å²) in [5.74, 6) is 3.09. The molecule has 8 nitrogen and oxygen atoms in total. The number of carbonyl (C=O) groups excluding carboxylic acids is 1. The van der Waals surface area contributed by atoms with Gasteiger partial charge in [0, 0.05) is 38.1 Å². The van der Waals surface area contributed by atoms with Gasteiger partial charge in [0.05, 0.1) is 21.3 Å². The van der Waals surface area contributed by atoms with Crippen molar-refractivity contribution in [2.45, 2.75) is 31.7 Å². The minimum atomic E-state index is -0.206. The Labute approximate surface area is 210 Å². The van der Waals surface area contributed by atoms with E-state index in [-0.39, 0.29) is 11.9 Å². The molecule has 1 aromatic heterocycles. The Morgan fingerprint density at radius 1 is 1.09 bits per heavy atom. The van der Waals surface area contributed by atoms with E-state index in [2.05, 4.69) is 9.27 Å². The molecule has 4 rings (SSSR count). The zero-order valence-electron chi connectivity index (χ0n) is 20.7. The highest BCUT2D eigenvalue weighted by Gasteiger charge is 2.34. The lowest BCUT2D eigenvalue weighted by molar-refractivity contribution is -0.131. The van der Waals surface area contributed by atoms with Crippen LogP contribution in [0.4, 0.5) is 5.13 Å². The standard InChI is InChI=1S/C26H32N4O4S/c1-29(14-12-18-10-11-22(33-3)23(16-18)34-4)25(31)21-9-6-13-30(21)26-27-24(28-35-26)17-19-7-5-8-20(15-19)32-2/h5,7-8,10-11,15-16,21H,6,9,12-14,17H2,1-4H3. The van der Waals surface area contributed by atoms with Crippen LogP contribution in [-0.2, 0) is 17.6 Å². The van der Waals surface area contributed by atoms with E-state index in [9.17, 15) is 4.79 Å². The van der Waals surface area contributed by atoms with Crippen LogP contribution in [0.15, 0.2) is 42.5 Å². The second-order valence-electron chi connectivity index (χ2n) is 8.57. The molecule has 0 saturated carbocycles. The van der Waals surface area contributed by atoms with Crippen molar-refractivity contribution in [2.24, 2.45) is 0 Å². The molecule has 0 bridgehead atoms. The van der Waals surface area contributed by atoms with E-state index in [1.807, 2.05) is 54.4 Å². The van der Waals surface area contributed by atoms with E-state index < -0.39 is 0 Å². The number of carbonyl (C=O) groups is 1. The molecule has 0 spiro atoms. The summed E-state index contributed by atoms with van der Waals surface area (Å²) in [7, 11) is 6.78. The summed E-state index contributed by atoms with van der Waals surface area (Å²) >= 11 is 1.36. The van der Waals surface area contributed by atoms with Crippen molar-refractivity contribution < 1.29 is 19.0 Å². The molecule has 1 amide bonds. The van der Waals surface area contributed by atoms with Gasteiger partial charge in [-0.25, -0.2) is 4.98 Å². The highest BCUT2D eigenvalue weighted by atomic mass is 32.1. The number of nitrogens with zero attached hydrogens (tertiary/aromatic N) is 4. The fourth-order valence-electron chi connectivity index (χ4n) is 4.35. The van der Waals surface area contributed by atoms with E-state index in [1.54, 1.807) is 21.3 Å². The normalized spacial score (nSPS) is 15.2. The Morgan fingerprint density at radius 3 is 2.69 bits per heavy atom. The Morgan fingerprint density at radius 2 is 1.91 bits per heavy atom. The van der Waals surface area contributed by atoms with Gasteiger partial charge < -0.3 is 24.0 Å². The summed E-state index contributed by atoms with van der Waals surface area (Å²) in [6.07, 6.45) is 3.15. The molecule has 186 valence electrons. The van der Waals surface area contributed by atoms with Crippen LogP contribution in [0.5, 0.6) is 17.2 Å². The largest absolute Gasteiger partial charge is 0.497 e. The molecule has 0 N–H and O–H groups in total. The molecule has 0 aliphatic carbocycles. The number of methoxy groups -OCH3 is 3. The molecular formula is C26H32N4O4S. The lowest BCUT2D eigenvalue weighted by Gasteiger charge is -2.27. The molecule has 1 fully saturated rings. The summed E-state index contributed by atoms with van der Waals surface area (Å²) in [4.78, 5) is 22.0. The first kappa shape index (κ1) is 24.8. The van der Waals surface area contributed by atoms with E-state index in [1.165, 1.54) is 11.5 Å². The Kier molecular flexibility index (Phi) is 8.07. The summed E-state index contributed by atoms with van der Waals surface area (Å²) in [6.45, 7) is 1.43. The second kappa shape index (κ2) is 11.4. The Bertz CT molecular complexity index is 1150. The van der Waals surface area contributed by atoms with Crippen LogP contribution in [0.25, 0.3) is 0 Å². The van der Waals surface area contributed by atoms with Gasteiger partial charge in [-0.1, -0.05) is 18.2 Å². The predicted molar refractivity (Wildman–Crippen MR) is 137 cm³/mol. The van der Waals surface area contributed by atoms with Gasteiger partial charge in [0.25, 0.3) is 0 Å². The van der Waals surface area contributed by atoms with Gasteiger partial charge in [-0.3, -0.25) is 4.79 Å². The van der Waals surface area contributed by atoms with E-state index in [0.717, 1.165) is 53.6 Å². The van der Waals surface area contributed by atoms with Gasteiger partial charge in [-0.05, 0) is 54.7 Å². The summed E-state index contributed by atoms with van der Waals surface area (Å²) in [6, 6.07) is 13.6. The first-order chi connectivity index (χ1) is 17.0. The predicted octanol–water partition coefficient (Wildman–Crippen LogP) is 3.82. The van der Waals surface area contributed by atoms with Crippen molar-refractivity contribution >= 4 is 22.6 Å². The van der Waals surface area contributed by atoms with Crippen molar-refractivity contribution in [1.29, 1.82) is 0 Å². The highest BCUT2D eigenvalue weighted by molar-refractivity contribution is 7.09. The van der Waals surface area contributed by atoms with E-state index in [0.29, 0.717) is 24.5 Å². The zero-order chi connectivity index (χ0) is 24.8. The number of amides is 1. The van der Waals surface area contributed by atoms with Crippen LogP contribution >= 0.6 is 11.5 Å². The summed E-state index contributed by atoms with van der Waals surface area (Å²) < 4.78 is 20.6. The molecular weight excluding hydrogens is 464 g/mol. The fourth-order valence-corrected chi connectivity index (χ4v) is 5.11. The third-order valence-electron chi connectivity index (χ3n) is 6.30. The van der Waals surface area contributed by atoms with Gasteiger partial charge in [0.1, 0.15) is 17.6 Å². The van der Waals surface area contributed by atoms with Crippen molar-refractivity contribution in [3.63, 3.8) is 0 Å². The highest BCUT2D eigenvalue weighted by Crippen LogP contribution is 2.30. The van der Waals surface area contributed by atoms with Gasteiger partial charge in [-0.2, -0.15) is 4.37 Å². The van der Waals surface area contributed by atoms with Crippen LogP contribution < -0.4 is 19.1 Å². The number of benzene rings is 2. The lowest BCUT2D eigenvalue weighted by Crippen LogP contribution is -2.44. The SMILES string of the molecule is COc1cccc(Cc2nsc(N3CCCC3C(=O)N(C)CCc3ccc(OC)c(OC)c3)n2)c1. The number of hydrogen-bond donors (Lipinski definition) is 0. The summed E-state index contributed by atoms with van der Waals surface area (Å²) in [5.41, 5.74) is 2.19. The first-order valence-electron chi connectivity index (χ1n) is 11.7. The fraction of sp³-hybridized carbons (Fsp3) is 0.423. The monoisotopic (exact) mass is 496 g/mol. The van der Waals surface area contributed by atoms with E-state index in [4.69, 9.17) is 19.2 Å². The lowest BCUT2D eigenvalue weighted by atomic mass is 10.1. The number of rotatable bonds is 10. The quantitative estimate of drug-likeness (QED) is 0.422. The van der Waals surface area contributed by atoms with Crippen LogP contribution in [0, 0.1) is 0 Å². The molecule has 1 aliphatic rings. The molecule has 1 atom stereocenters. The molecule has 3 aromatic rings. The molecule has 1 aliphatic heterocycles. The van der Waals surface area contributed by atoms with Gasteiger partial charge in [-0.15, -0.1) is 0 Å². The molecule has 9 heteroatoms. The number of aromatic nitrogens is 2. The Hall–Kier alpha value is -3.33. The molecule has 2 heterocycles. The smallest absolute Gasteiger partial charge is 0.245 e. The van der Waals surface area contributed by atoms with Gasteiger partial charge >= 0.3 is 0 Å². The minimum Gasteiger partial charge on any atom is -0.497 e. The first-order valence-corrected chi connectivity index (χ1v) is 12.5.